The number of benzene rings is 3. The summed E-state index contributed by atoms with van der Waals surface area (Å²) in [4.78, 5) is 27.0. The third-order valence-corrected chi connectivity index (χ3v) is 9.02. The Hall–Kier alpha value is -4.14. The van der Waals surface area contributed by atoms with Crippen molar-refractivity contribution in [1.29, 1.82) is 0 Å². The molecule has 1 saturated heterocycles. The van der Waals surface area contributed by atoms with E-state index in [2.05, 4.69) is 5.32 Å². The Balaban J connectivity index is 1.53. The molecule has 1 aliphatic heterocycles. The fourth-order valence-corrected chi connectivity index (χ4v) is 6.49. The van der Waals surface area contributed by atoms with Crippen LogP contribution in [0.3, 0.4) is 0 Å². The number of alkyl halides is 3. The van der Waals surface area contributed by atoms with E-state index >= 15 is 0 Å². The predicted molar refractivity (Wildman–Crippen MR) is 162 cm³/mol. The maximum Gasteiger partial charge on any atom is 0.416 e. The lowest BCUT2D eigenvalue weighted by molar-refractivity contribution is -0.137. The van der Waals surface area contributed by atoms with Gasteiger partial charge in [-0.1, -0.05) is 44.2 Å². The third kappa shape index (κ3) is 8.53. The van der Waals surface area contributed by atoms with E-state index in [0.29, 0.717) is 5.69 Å². The summed E-state index contributed by atoms with van der Waals surface area (Å²) >= 11 is 0. The fraction of sp³-hybridized carbons (Fsp3) is 0.355. The van der Waals surface area contributed by atoms with Crippen LogP contribution in [0, 0.1) is 5.92 Å². The number of nitrogens with two attached hydrogens (primary N) is 1. The normalized spacial score (nSPS) is 16.9. The van der Waals surface area contributed by atoms with Crippen molar-refractivity contribution in [2.45, 2.75) is 49.6 Å². The van der Waals surface area contributed by atoms with Crippen LogP contribution in [0.25, 0.3) is 0 Å². The molecule has 0 aromatic heterocycles. The standard InChI is InChI=1S/C31H35F3N4O6S/c1-20(2)17-37(45(42,43)25-14-10-23(35)11-15-25)18-27(39)26(16-21-6-4-3-5-7-21)36-29(40)28-19-38(30(41)44-28)24-12-8-22(9-13-24)31(32,33)34/h3-15,20,26-28,39H,16-19,35H2,1-2H3,(H,36,40)/t26-,27+,28-/m0/s1. The molecule has 4 rings (SSSR count). The topological polar surface area (TPSA) is 142 Å². The number of nitrogens with zero attached hydrogens (tertiary/aromatic N) is 2. The number of hydrogen-bond acceptors (Lipinski definition) is 7. The number of cyclic esters (lactones) is 1. The molecule has 14 heteroatoms. The zero-order chi connectivity index (χ0) is 32.9. The van der Waals surface area contributed by atoms with Gasteiger partial charge in [-0.25, -0.2) is 13.2 Å². The average Bonchev–Trinajstić information content (AvgIpc) is 3.38. The van der Waals surface area contributed by atoms with Gasteiger partial charge in [0.05, 0.1) is 29.1 Å². The Morgan fingerprint density at radius 2 is 1.67 bits per heavy atom. The average molecular weight is 649 g/mol. The van der Waals surface area contributed by atoms with Crippen molar-refractivity contribution in [2.75, 3.05) is 30.3 Å². The van der Waals surface area contributed by atoms with Gasteiger partial charge in [-0.3, -0.25) is 9.69 Å². The number of rotatable bonds is 12. The summed E-state index contributed by atoms with van der Waals surface area (Å²) in [5.41, 5.74) is 6.08. The zero-order valence-electron chi connectivity index (χ0n) is 24.6. The largest absolute Gasteiger partial charge is 0.434 e. The molecule has 3 atom stereocenters. The van der Waals surface area contributed by atoms with E-state index in [9.17, 15) is 36.3 Å². The van der Waals surface area contributed by atoms with Crippen molar-refractivity contribution < 1.29 is 41.0 Å². The van der Waals surface area contributed by atoms with Crippen LogP contribution in [0.15, 0.2) is 83.8 Å². The van der Waals surface area contributed by atoms with Crippen molar-refractivity contribution in [3.8, 4) is 0 Å². The van der Waals surface area contributed by atoms with Gasteiger partial charge < -0.3 is 20.9 Å². The highest BCUT2D eigenvalue weighted by atomic mass is 32.2. The molecule has 3 aromatic rings. The SMILES string of the molecule is CC(C)CN(C[C@@H](O)[C@H](Cc1ccccc1)NC(=O)[C@@H]1CN(c2ccc(C(F)(F)F)cc2)C(=O)O1)S(=O)(=O)c1ccc(N)cc1. The van der Waals surface area contributed by atoms with Gasteiger partial charge in [0.2, 0.25) is 10.0 Å². The molecule has 1 heterocycles. The third-order valence-electron chi connectivity index (χ3n) is 7.18. The molecule has 0 unspecified atom stereocenters. The molecule has 3 aromatic carbocycles. The summed E-state index contributed by atoms with van der Waals surface area (Å²) in [6, 6.07) is 17.5. The minimum Gasteiger partial charge on any atom is -0.434 e. The molecular weight excluding hydrogens is 613 g/mol. The summed E-state index contributed by atoms with van der Waals surface area (Å²) in [6.45, 7) is 3.11. The minimum absolute atomic E-state index is 0.00517. The number of anilines is 2. The van der Waals surface area contributed by atoms with Gasteiger partial charge in [-0.15, -0.1) is 0 Å². The van der Waals surface area contributed by atoms with Gasteiger partial charge in [0.25, 0.3) is 5.91 Å². The summed E-state index contributed by atoms with van der Waals surface area (Å²) in [7, 11) is -4.06. The van der Waals surface area contributed by atoms with Crippen LogP contribution < -0.4 is 16.0 Å². The summed E-state index contributed by atoms with van der Waals surface area (Å²) in [6.07, 6.45) is -8.09. The molecule has 0 saturated carbocycles. The fourth-order valence-electron chi connectivity index (χ4n) is 4.87. The number of nitrogen functional groups attached to an aromatic ring is 1. The summed E-state index contributed by atoms with van der Waals surface area (Å²) in [5, 5.41) is 14.1. The van der Waals surface area contributed by atoms with Crippen molar-refractivity contribution in [1.82, 2.24) is 9.62 Å². The second-order valence-electron chi connectivity index (χ2n) is 11.2. The molecule has 10 nitrogen and oxygen atoms in total. The van der Waals surface area contributed by atoms with E-state index in [-0.39, 0.29) is 42.6 Å². The molecule has 0 bridgehead atoms. The van der Waals surface area contributed by atoms with Gasteiger partial charge >= 0.3 is 12.3 Å². The first-order valence-electron chi connectivity index (χ1n) is 14.2. The monoisotopic (exact) mass is 648 g/mol. The Kier molecular flexibility index (Phi) is 10.4. The van der Waals surface area contributed by atoms with Crippen molar-refractivity contribution in [3.63, 3.8) is 0 Å². The van der Waals surface area contributed by atoms with Crippen LogP contribution in [-0.4, -0.2) is 67.7 Å². The molecule has 45 heavy (non-hydrogen) atoms. The van der Waals surface area contributed by atoms with Gasteiger partial charge in [0.15, 0.2) is 6.10 Å². The second-order valence-corrected chi connectivity index (χ2v) is 13.1. The smallest absolute Gasteiger partial charge is 0.416 e. The van der Waals surface area contributed by atoms with Crippen LogP contribution in [0.2, 0.25) is 0 Å². The van der Waals surface area contributed by atoms with Gasteiger partial charge in [0, 0.05) is 24.5 Å². The Morgan fingerprint density at radius 1 is 1.04 bits per heavy atom. The number of hydrogen-bond donors (Lipinski definition) is 3. The molecule has 1 fully saturated rings. The molecular formula is C31H35F3N4O6S. The first-order valence-corrected chi connectivity index (χ1v) is 15.6. The van der Waals surface area contributed by atoms with Gasteiger partial charge in [0.1, 0.15) is 0 Å². The van der Waals surface area contributed by atoms with E-state index < -0.39 is 52.0 Å². The van der Waals surface area contributed by atoms with Crippen LogP contribution in [0.1, 0.15) is 25.0 Å². The molecule has 0 spiro atoms. The minimum atomic E-state index is -4.56. The molecule has 2 amide bonds. The number of aliphatic hydroxyl groups is 1. The molecule has 0 radical (unpaired) electrons. The maximum atomic E-state index is 13.6. The Bertz CT molecular complexity index is 1570. The van der Waals surface area contributed by atoms with E-state index in [4.69, 9.17) is 10.5 Å². The highest BCUT2D eigenvalue weighted by Gasteiger charge is 2.39. The molecule has 1 aliphatic rings. The highest BCUT2D eigenvalue weighted by Crippen LogP contribution is 2.31. The number of nitrogens with one attached hydrogen (secondary N) is 1. The summed E-state index contributed by atoms with van der Waals surface area (Å²) in [5.74, 6) is -0.855. The molecule has 0 aliphatic carbocycles. The van der Waals surface area contributed by atoms with Crippen molar-refractivity contribution in [2.24, 2.45) is 5.92 Å². The lowest BCUT2D eigenvalue weighted by Crippen LogP contribution is -2.53. The molecule has 4 N–H and O–H groups in total. The quantitative estimate of drug-likeness (QED) is 0.252. The first-order chi connectivity index (χ1) is 21.1. The van der Waals surface area contributed by atoms with E-state index in [1.54, 1.807) is 30.3 Å². The van der Waals surface area contributed by atoms with Gasteiger partial charge in [-0.05, 0) is 66.4 Å². The van der Waals surface area contributed by atoms with Crippen LogP contribution in [0.4, 0.5) is 29.3 Å². The predicted octanol–water partition coefficient (Wildman–Crippen LogP) is 4.05. The number of halogens is 3. The Labute approximate surface area is 259 Å². The van der Waals surface area contributed by atoms with Crippen LogP contribution in [0.5, 0.6) is 0 Å². The zero-order valence-corrected chi connectivity index (χ0v) is 25.5. The first kappa shape index (κ1) is 33.7. The van der Waals surface area contributed by atoms with Crippen molar-refractivity contribution >= 4 is 33.4 Å². The number of sulfonamides is 1. The number of amides is 2. The number of aliphatic hydroxyl groups excluding tert-OH is 1. The number of ether oxygens (including phenoxy) is 1. The van der Waals surface area contributed by atoms with E-state index in [0.717, 1.165) is 39.0 Å². The van der Waals surface area contributed by atoms with E-state index in [1.807, 2.05) is 13.8 Å². The highest BCUT2D eigenvalue weighted by molar-refractivity contribution is 7.89. The maximum absolute atomic E-state index is 13.6. The number of carbonyl (C=O) groups excluding carboxylic acids is 2. The van der Waals surface area contributed by atoms with Crippen LogP contribution in [-0.2, 0) is 32.2 Å². The van der Waals surface area contributed by atoms with Crippen LogP contribution >= 0.6 is 0 Å². The van der Waals surface area contributed by atoms with Gasteiger partial charge in [-0.2, -0.15) is 17.5 Å². The second kappa shape index (κ2) is 13.9. The molecule has 242 valence electrons. The van der Waals surface area contributed by atoms with E-state index in [1.165, 1.54) is 24.3 Å². The summed E-state index contributed by atoms with van der Waals surface area (Å²) < 4.78 is 72.4. The lowest BCUT2D eigenvalue weighted by atomic mass is 10.0. The lowest BCUT2D eigenvalue weighted by Gasteiger charge is -2.31. The number of carbonyl (C=O) groups is 2. The Morgan fingerprint density at radius 3 is 2.24 bits per heavy atom. The van der Waals surface area contributed by atoms with Crippen molar-refractivity contribution in [3.05, 3.63) is 90.0 Å².